The van der Waals surface area contributed by atoms with Gasteiger partial charge in [-0.1, -0.05) is 37.1 Å². The summed E-state index contributed by atoms with van der Waals surface area (Å²) in [5, 5.41) is 3.37. The lowest BCUT2D eigenvalue weighted by Crippen LogP contribution is -2.17. The predicted molar refractivity (Wildman–Crippen MR) is 93.4 cm³/mol. The average molecular weight is 338 g/mol. The number of methoxy groups -OCH3 is 2. The van der Waals surface area contributed by atoms with Crippen molar-refractivity contribution in [2.75, 3.05) is 19.5 Å². The summed E-state index contributed by atoms with van der Waals surface area (Å²) >= 11 is 6.15. The first-order valence-corrected chi connectivity index (χ1v) is 7.97. The van der Waals surface area contributed by atoms with E-state index in [4.69, 9.17) is 21.1 Å². The highest BCUT2D eigenvalue weighted by molar-refractivity contribution is 6.32. The largest absolute Gasteiger partial charge is 0.495 e. The monoisotopic (exact) mass is 337 g/mol. The highest BCUT2D eigenvalue weighted by Gasteiger charge is 2.60. The van der Waals surface area contributed by atoms with Gasteiger partial charge in [-0.25, -0.2) is 0 Å². The molecule has 0 unspecified atom stereocenters. The molecule has 2 atom stereocenters. The summed E-state index contributed by atoms with van der Waals surface area (Å²) in [6.45, 7) is 8.32. The summed E-state index contributed by atoms with van der Waals surface area (Å²) in [6, 6.07) is 3.33. The highest BCUT2D eigenvalue weighted by Crippen LogP contribution is 2.59. The van der Waals surface area contributed by atoms with Crippen molar-refractivity contribution in [3.05, 3.63) is 28.8 Å². The van der Waals surface area contributed by atoms with Crippen molar-refractivity contribution in [3.63, 3.8) is 0 Å². The Bertz CT molecular complexity index is 648. The zero-order chi connectivity index (χ0) is 17.4. The number of nitrogens with one attached hydrogen (secondary N) is 1. The fraction of sp³-hybridized carbons (Fsp3) is 0.500. The molecular weight excluding hydrogens is 314 g/mol. The summed E-state index contributed by atoms with van der Waals surface area (Å²) in [5.74, 6) is 1.22. The van der Waals surface area contributed by atoms with E-state index in [1.165, 1.54) is 12.7 Å². The molecule has 1 aliphatic rings. The third kappa shape index (κ3) is 3.47. The van der Waals surface area contributed by atoms with Crippen LogP contribution in [0.5, 0.6) is 11.5 Å². The molecule has 1 amide bonds. The van der Waals surface area contributed by atoms with Crippen LogP contribution in [0.4, 0.5) is 5.69 Å². The van der Waals surface area contributed by atoms with Gasteiger partial charge in [-0.15, -0.1) is 0 Å². The molecule has 1 N–H and O–H groups in total. The summed E-state index contributed by atoms with van der Waals surface area (Å²) in [5.41, 5.74) is 1.75. The molecule has 0 aliphatic heterocycles. The number of carbonyl (C=O) groups excluding carboxylic acids is 1. The minimum absolute atomic E-state index is 0.0166. The summed E-state index contributed by atoms with van der Waals surface area (Å²) < 4.78 is 10.5. The van der Waals surface area contributed by atoms with E-state index in [0.29, 0.717) is 22.2 Å². The fourth-order valence-corrected chi connectivity index (χ4v) is 3.26. The zero-order valence-electron chi connectivity index (χ0n) is 14.5. The molecule has 2 rings (SSSR count). The second kappa shape index (κ2) is 6.44. The van der Waals surface area contributed by atoms with Crippen LogP contribution in [-0.2, 0) is 4.79 Å². The van der Waals surface area contributed by atoms with Crippen LogP contribution in [0, 0.1) is 17.3 Å². The van der Waals surface area contributed by atoms with Crippen LogP contribution in [0.2, 0.25) is 5.02 Å². The number of anilines is 1. The summed E-state index contributed by atoms with van der Waals surface area (Å²) in [7, 11) is 3.08. The quantitative estimate of drug-likeness (QED) is 0.803. The Hall–Kier alpha value is -1.68. The Kier molecular flexibility index (Phi) is 4.95. The van der Waals surface area contributed by atoms with Crippen LogP contribution >= 0.6 is 11.6 Å². The van der Waals surface area contributed by atoms with Crippen molar-refractivity contribution in [1.82, 2.24) is 0 Å². The van der Waals surface area contributed by atoms with E-state index in [1.54, 1.807) is 19.2 Å². The van der Waals surface area contributed by atoms with Crippen LogP contribution in [0.3, 0.4) is 0 Å². The van der Waals surface area contributed by atoms with E-state index in [9.17, 15) is 4.79 Å². The molecule has 5 heteroatoms. The molecule has 1 aliphatic carbocycles. The van der Waals surface area contributed by atoms with E-state index in [-0.39, 0.29) is 23.2 Å². The Morgan fingerprint density at radius 3 is 2.35 bits per heavy atom. The standard InChI is InChI=1S/C18H24ClNO3/c1-10(2)7-11-16(18(11,3)4)17(21)20-13-8-12(19)14(22-5)9-15(13)23-6/h7-9,11,16H,1-6H3,(H,20,21)/t11-,16-/m0/s1. The lowest BCUT2D eigenvalue weighted by atomic mass is 10.1. The number of carbonyl (C=O) groups is 1. The number of rotatable bonds is 5. The third-order valence-electron chi connectivity index (χ3n) is 4.44. The predicted octanol–water partition coefficient (Wildman–Crippen LogP) is 4.53. The summed E-state index contributed by atoms with van der Waals surface area (Å²) in [4.78, 5) is 12.6. The third-order valence-corrected chi connectivity index (χ3v) is 4.73. The molecule has 1 aromatic carbocycles. The van der Waals surface area contributed by atoms with Crippen LogP contribution in [0.15, 0.2) is 23.8 Å². The number of halogens is 1. The Morgan fingerprint density at radius 2 is 1.83 bits per heavy atom. The van der Waals surface area contributed by atoms with Crippen molar-refractivity contribution in [3.8, 4) is 11.5 Å². The van der Waals surface area contributed by atoms with E-state index in [1.807, 2.05) is 0 Å². The highest BCUT2D eigenvalue weighted by atomic mass is 35.5. The van der Waals surface area contributed by atoms with Gasteiger partial charge in [0, 0.05) is 6.07 Å². The van der Waals surface area contributed by atoms with Gasteiger partial charge in [0.15, 0.2) is 0 Å². The van der Waals surface area contributed by atoms with Gasteiger partial charge in [0.25, 0.3) is 0 Å². The Balaban J connectivity index is 2.21. The maximum Gasteiger partial charge on any atom is 0.228 e. The van der Waals surface area contributed by atoms with E-state index in [2.05, 4.69) is 39.1 Å². The van der Waals surface area contributed by atoms with Crippen molar-refractivity contribution < 1.29 is 14.3 Å². The minimum Gasteiger partial charge on any atom is -0.495 e. The van der Waals surface area contributed by atoms with E-state index < -0.39 is 0 Å². The molecule has 126 valence electrons. The molecule has 0 saturated heterocycles. The molecule has 0 radical (unpaired) electrons. The zero-order valence-corrected chi connectivity index (χ0v) is 15.2. The van der Waals surface area contributed by atoms with Crippen molar-refractivity contribution in [2.24, 2.45) is 17.3 Å². The molecule has 0 bridgehead atoms. The van der Waals surface area contributed by atoms with Gasteiger partial charge in [0.2, 0.25) is 5.91 Å². The topological polar surface area (TPSA) is 47.6 Å². The molecule has 1 saturated carbocycles. The lowest BCUT2D eigenvalue weighted by Gasteiger charge is -2.13. The van der Waals surface area contributed by atoms with E-state index in [0.717, 1.165) is 0 Å². The SMILES string of the molecule is COc1cc(OC)c(NC(=O)[C@@H]2[C@H](C=C(C)C)C2(C)C)cc1Cl. The van der Waals surface area contributed by atoms with Gasteiger partial charge >= 0.3 is 0 Å². The Morgan fingerprint density at radius 1 is 1.22 bits per heavy atom. The van der Waals surface area contributed by atoms with Crippen molar-refractivity contribution in [1.29, 1.82) is 0 Å². The van der Waals surface area contributed by atoms with Gasteiger partial charge in [-0.3, -0.25) is 4.79 Å². The number of ether oxygens (including phenoxy) is 2. The van der Waals surface area contributed by atoms with Crippen LogP contribution in [0.25, 0.3) is 0 Å². The molecule has 23 heavy (non-hydrogen) atoms. The maximum atomic E-state index is 12.6. The first-order chi connectivity index (χ1) is 10.7. The molecule has 4 nitrogen and oxygen atoms in total. The molecule has 1 fully saturated rings. The van der Waals surface area contributed by atoms with Gasteiger partial charge in [-0.2, -0.15) is 0 Å². The van der Waals surface area contributed by atoms with Crippen molar-refractivity contribution >= 4 is 23.2 Å². The average Bonchev–Trinajstić information content (AvgIpc) is 2.99. The normalized spacial score (nSPS) is 21.3. The summed E-state index contributed by atoms with van der Waals surface area (Å²) in [6.07, 6.45) is 2.17. The number of hydrogen-bond acceptors (Lipinski definition) is 3. The molecule has 0 aromatic heterocycles. The van der Waals surface area contributed by atoms with Crippen LogP contribution < -0.4 is 14.8 Å². The Labute approximate surface area is 142 Å². The number of hydrogen-bond donors (Lipinski definition) is 1. The molecular formula is C18H24ClNO3. The van der Waals surface area contributed by atoms with Gasteiger partial charge < -0.3 is 14.8 Å². The van der Waals surface area contributed by atoms with Gasteiger partial charge in [0.05, 0.1) is 30.8 Å². The minimum atomic E-state index is -0.0528. The van der Waals surface area contributed by atoms with Crippen LogP contribution in [0.1, 0.15) is 27.7 Å². The molecule has 1 aromatic rings. The lowest BCUT2D eigenvalue weighted by molar-refractivity contribution is -0.118. The van der Waals surface area contributed by atoms with Gasteiger partial charge in [-0.05, 0) is 31.2 Å². The number of benzene rings is 1. The number of allylic oxidation sites excluding steroid dienone is 2. The molecule has 0 spiro atoms. The first-order valence-electron chi connectivity index (χ1n) is 7.59. The van der Waals surface area contributed by atoms with Gasteiger partial charge in [0.1, 0.15) is 11.5 Å². The second-order valence-electron chi connectivity index (χ2n) is 6.75. The smallest absolute Gasteiger partial charge is 0.228 e. The second-order valence-corrected chi connectivity index (χ2v) is 7.15. The maximum absolute atomic E-state index is 12.6. The van der Waals surface area contributed by atoms with E-state index >= 15 is 0 Å². The molecule has 0 heterocycles. The number of amides is 1. The van der Waals surface area contributed by atoms with Crippen LogP contribution in [-0.4, -0.2) is 20.1 Å². The first kappa shape index (κ1) is 17.7. The van der Waals surface area contributed by atoms with Crippen molar-refractivity contribution in [2.45, 2.75) is 27.7 Å². The fourth-order valence-electron chi connectivity index (χ4n) is 3.02.